The minimum atomic E-state index is 0. The van der Waals surface area contributed by atoms with Crippen molar-refractivity contribution in [2.24, 2.45) is 5.92 Å². The lowest BCUT2D eigenvalue weighted by atomic mass is 9.86. The van der Waals surface area contributed by atoms with E-state index in [1.165, 1.54) is 12.8 Å². The summed E-state index contributed by atoms with van der Waals surface area (Å²) in [6, 6.07) is 12.4. The molecule has 1 aliphatic carbocycles. The van der Waals surface area contributed by atoms with Crippen LogP contribution >= 0.6 is 0 Å². The highest BCUT2D eigenvalue weighted by molar-refractivity contribution is 5.90. The summed E-state index contributed by atoms with van der Waals surface area (Å²) in [4.78, 5) is 11.6. The standard InChI is InChI=1S/C27H37N5O3.CH4/c1-32(2)26-21-8-6-7-9-22(21)30-27(31-26)29-20-12-10-18(11-13-20)16-28-17-19-14-24(34-4)25(35-5)15-23(19)33-3;/h6-9,14-15,18,20,28H,10-13,16-17H2,1-5H3,(H,29,30,31);1H4. The molecule has 1 saturated carbocycles. The average molecular weight is 496 g/mol. The molecule has 8 nitrogen and oxygen atoms in total. The van der Waals surface area contributed by atoms with Crippen LogP contribution in [0.4, 0.5) is 11.8 Å². The highest BCUT2D eigenvalue weighted by Crippen LogP contribution is 2.35. The van der Waals surface area contributed by atoms with E-state index >= 15 is 0 Å². The smallest absolute Gasteiger partial charge is 0.225 e. The summed E-state index contributed by atoms with van der Waals surface area (Å²) in [5.74, 6) is 4.50. The maximum absolute atomic E-state index is 5.55. The van der Waals surface area contributed by atoms with Crippen LogP contribution in [0.15, 0.2) is 36.4 Å². The van der Waals surface area contributed by atoms with E-state index in [1.54, 1.807) is 21.3 Å². The molecule has 196 valence electrons. The first kappa shape index (κ1) is 27.3. The first-order valence-corrected chi connectivity index (χ1v) is 12.2. The summed E-state index contributed by atoms with van der Waals surface area (Å²) >= 11 is 0. The molecular formula is C28H41N5O3. The molecule has 0 bridgehead atoms. The van der Waals surface area contributed by atoms with E-state index in [0.717, 1.165) is 59.9 Å². The molecule has 0 spiro atoms. The molecule has 0 amide bonds. The monoisotopic (exact) mass is 495 g/mol. The molecule has 3 aromatic rings. The Hall–Kier alpha value is -3.26. The summed E-state index contributed by atoms with van der Waals surface area (Å²) < 4.78 is 16.4. The van der Waals surface area contributed by atoms with Gasteiger partial charge >= 0.3 is 0 Å². The minimum Gasteiger partial charge on any atom is -0.496 e. The van der Waals surface area contributed by atoms with Crippen molar-refractivity contribution in [1.82, 2.24) is 15.3 Å². The maximum atomic E-state index is 5.55. The molecule has 0 aliphatic heterocycles. The van der Waals surface area contributed by atoms with Gasteiger partial charge in [-0.05, 0) is 56.3 Å². The van der Waals surface area contributed by atoms with E-state index in [0.29, 0.717) is 23.5 Å². The lowest BCUT2D eigenvalue weighted by molar-refractivity contribution is 0.321. The van der Waals surface area contributed by atoms with Crippen molar-refractivity contribution in [2.75, 3.05) is 52.2 Å². The Morgan fingerprint density at radius 3 is 2.22 bits per heavy atom. The number of para-hydroxylation sites is 1. The second-order valence-corrected chi connectivity index (χ2v) is 9.29. The van der Waals surface area contributed by atoms with Crippen LogP contribution in [0.2, 0.25) is 0 Å². The third kappa shape index (κ3) is 6.29. The van der Waals surface area contributed by atoms with Crippen molar-refractivity contribution in [2.45, 2.75) is 45.7 Å². The Labute approximate surface area is 215 Å². The van der Waals surface area contributed by atoms with Crippen molar-refractivity contribution in [3.8, 4) is 17.2 Å². The van der Waals surface area contributed by atoms with Gasteiger partial charge in [-0.2, -0.15) is 4.98 Å². The molecular weight excluding hydrogens is 454 g/mol. The molecule has 0 atom stereocenters. The number of nitrogens with one attached hydrogen (secondary N) is 2. The number of hydrogen-bond acceptors (Lipinski definition) is 8. The molecule has 8 heteroatoms. The number of benzene rings is 2. The van der Waals surface area contributed by atoms with Crippen molar-refractivity contribution in [1.29, 1.82) is 0 Å². The topological polar surface area (TPSA) is 80.8 Å². The first-order chi connectivity index (χ1) is 17.0. The van der Waals surface area contributed by atoms with E-state index in [-0.39, 0.29) is 7.43 Å². The van der Waals surface area contributed by atoms with Crippen LogP contribution in [0.3, 0.4) is 0 Å². The molecule has 4 rings (SSSR count). The van der Waals surface area contributed by atoms with Crippen LogP contribution in [0.25, 0.3) is 10.9 Å². The molecule has 0 unspecified atom stereocenters. The number of hydrogen-bond donors (Lipinski definition) is 2. The van der Waals surface area contributed by atoms with E-state index in [9.17, 15) is 0 Å². The van der Waals surface area contributed by atoms with Crippen molar-refractivity contribution >= 4 is 22.7 Å². The molecule has 1 aliphatic rings. The Balaban J connectivity index is 0.00000361. The molecule has 0 radical (unpaired) electrons. The fraction of sp³-hybridized carbons (Fsp3) is 0.500. The van der Waals surface area contributed by atoms with Crippen molar-refractivity contribution in [3.05, 3.63) is 42.0 Å². The third-order valence-electron chi connectivity index (χ3n) is 6.72. The fourth-order valence-electron chi connectivity index (χ4n) is 4.80. The van der Waals surface area contributed by atoms with Crippen LogP contribution in [0.1, 0.15) is 38.7 Å². The highest BCUT2D eigenvalue weighted by Gasteiger charge is 2.22. The highest BCUT2D eigenvalue weighted by atomic mass is 16.5. The fourth-order valence-corrected chi connectivity index (χ4v) is 4.80. The molecule has 36 heavy (non-hydrogen) atoms. The Kier molecular flexibility index (Phi) is 9.58. The van der Waals surface area contributed by atoms with E-state index in [4.69, 9.17) is 24.2 Å². The zero-order valence-electron chi connectivity index (χ0n) is 21.4. The van der Waals surface area contributed by atoms with Crippen molar-refractivity contribution < 1.29 is 14.2 Å². The van der Waals surface area contributed by atoms with E-state index in [2.05, 4.69) is 16.7 Å². The van der Waals surface area contributed by atoms with Gasteiger partial charge in [-0.3, -0.25) is 0 Å². The van der Waals surface area contributed by atoms with Gasteiger partial charge in [0.2, 0.25) is 5.95 Å². The maximum Gasteiger partial charge on any atom is 0.225 e. The van der Waals surface area contributed by atoms with Gasteiger partial charge in [-0.15, -0.1) is 0 Å². The van der Waals surface area contributed by atoms with Crippen LogP contribution in [0.5, 0.6) is 17.2 Å². The lowest BCUT2D eigenvalue weighted by Gasteiger charge is -2.29. The molecule has 2 aromatic carbocycles. The largest absolute Gasteiger partial charge is 0.496 e. The van der Waals surface area contributed by atoms with Crippen molar-refractivity contribution in [3.63, 3.8) is 0 Å². The molecule has 1 heterocycles. The number of fused-ring (bicyclic) bond motifs is 1. The van der Waals surface area contributed by atoms with Crippen LogP contribution in [-0.2, 0) is 6.54 Å². The molecule has 1 aromatic heterocycles. The van der Waals surface area contributed by atoms with Crippen LogP contribution in [0, 0.1) is 5.92 Å². The lowest BCUT2D eigenvalue weighted by Crippen LogP contribution is -2.31. The summed E-state index contributed by atoms with van der Waals surface area (Å²) in [5, 5.41) is 8.28. The van der Waals surface area contributed by atoms with Gasteiger partial charge in [0.05, 0.1) is 26.8 Å². The number of anilines is 2. The minimum absolute atomic E-state index is 0. The van der Waals surface area contributed by atoms with Crippen LogP contribution in [-0.4, -0.2) is 58.0 Å². The molecule has 2 N–H and O–H groups in total. The SMILES string of the molecule is C.COc1cc(OC)c(OC)cc1CNCC1CCC(Nc2nc(N(C)C)c3ccccc3n2)CC1. The molecule has 1 fully saturated rings. The summed E-state index contributed by atoms with van der Waals surface area (Å²) in [5.41, 5.74) is 2.03. The second kappa shape index (κ2) is 12.6. The van der Waals surface area contributed by atoms with Gasteiger partial charge in [0.25, 0.3) is 0 Å². The quantitative estimate of drug-likeness (QED) is 0.401. The second-order valence-electron chi connectivity index (χ2n) is 9.29. The van der Waals surface area contributed by atoms with Gasteiger partial charge in [0.1, 0.15) is 11.6 Å². The summed E-state index contributed by atoms with van der Waals surface area (Å²) in [6.45, 7) is 1.70. The zero-order chi connectivity index (χ0) is 24.8. The summed E-state index contributed by atoms with van der Waals surface area (Å²) in [7, 11) is 9.01. The van der Waals surface area contributed by atoms with E-state index < -0.39 is 0 Å². The Morgan fingerprint density at radius 1 is 0.889 bits per heavy atom. The Bertz CT molecular complexity index is 1130. The third-order valence-corrected chi connectivity index (χ3v) is 6.72. The van der Waals surface area contributed by atoms with Gasteiger partial charge in [0.15, 0.2) is 11.5 Å². The van der Waals surface area contributed by atoms with Gasteiger partial charge in [0, 0.05) is 43.7 Å². The predicted molar refractivity (Wildman–Crippen MR) is 148 cm³/mol. The number of ether oxygens (including phenoxy) is 3. The Morgan fingerprint density at radius 2 is 1.56 bits per heavy atom. The summed E-state index contributed by atoms with van der Waals surface area (Å²) in [6.07, 6.45) is 4.56. The normalized spacial score (nSPS) is 17.2. The number of aromatic nitrogens is 2. The predicted octanol–water partition coefficient (Wildman–Crippen LogP) is 5.12. The number of rotatable bonds is 10. The molecule has 0 saturated heterocycles. The zero-order valence-corrected chi connectivity index (χ0v) is 21.4. The van der Waals surface area contributed by atoms with Gasteiger partial charge in [-0.25, -0.2) is 4.98 Å². The van der Waals surface area contributed by atoms with Gasteiger partial charge in [-0.1, -0.05) is 19.6 Å². The average Bonchev–Trinajstić information content (AvgIpc) is 2.88. The number of methoxy groups -OCH3 is 3. The van der Waals surface area contributed by atoms with E-state index in [1.807, 2.05) is 49.3 Å². The van der Waals surface area contributed by atoms with Crippen LogP contribution < -0.4 is 29.7 Å². The number of nitrogens with zero attached hydrogens (tertiary/aromatic N) is 3. The first-order valence-electron chi connectivity index (χ1n) is 12.2. The van der Waals surface area contributed by atoms with Gasteiger partial charge < -0.3 is 29.7 Å².